The molecule has 1 N–H and O–H groups in total. The number of aromatic nitrogens is 3. The van der Waals surface area contributed by atoms with Crippen molar-refractivity contribution in [3.8, 4) is 11.1 Å². The van der Waals surface area contributed by atoms with E-state index < -0.39 is 5.97 Å². The number of hydrogen-bond acceptors (Lipinski definition) is 4. The zero-order valence-electron chi connectivity index (χ0n) is 16.6. The number of nitrogens with zero attached hydrogens (tertiary/aromatic N) is 4. The van der Waals surface area contributed by atoms with Gasteiger partial charge < -0.3 is 19.1 Å². The maximum Gasteiger partial charge on any atom is 0.335 e. The topological polar surface area (TPSA) is 80.4 Å². The molecule has 1 saturated heterocycles. The van der Waals surface area contributed by atoms with Gasteiger partial charge in [-0.25, -0.2) is 9.78 Å². The highest BCUT2D eigenvalue weighted by Crippen LogP contribution is 2.36. The number of carboxylic acids is 1. The van der Waals surface area contributed by atoms with E-state index in [9.17, 15) is 9.59 Å². The zero-order valence-corrected chi connectivity index (χ0v) is 16.6. The largest absolute Gasteiger partial charge is 0.478 e. The molecule has 5 rings (SSSR count). The molecule has 2 aliphatic heterocycles. The summed E-state index contributed by atoms with van der Waals surface area (Å²) in [6, 6.07) is 10.5. The first-order valence-electron chi connectivity index (χ1n) is 10.3. The maximum atomic E-state index is 12.9. The molecule has 1 aromatic carbocycles. The molecule has 0 saturated carbocycles. The van der Waals surface area contributed by atoms with Gasteiger partial charge in [-0.3, -0.25) is 4.79 Å². The Bertz CT molecular complexity index is 1120. The Morgan fingerprint density at radius 2 is 1.90 bits per heavy atom. The van der Waals surface area contributed by atoms with Gasteiger partial charge in [0.15, 0.2) is 0 Å². The number of carbonyl (C=O) groups is 1. The van der Waals surface area contributed by atoms with E-state index in [0.717, 1.165) is 56.0 Å². The van der Waals surface area contributed by atoms with Crippen molar-refractivity contribution in [3.63, 3.8) is 0 Å². The summed E-state index contributed by atoms with van der Waals surface area (Å²) in [5.74, 6) is -0.111. The van der Waals surface area contributed by atoms with Gasteiger partial charge in [0.1, 0.15) is 0 Å². The van der Waals surface area contributed by atoms with Crippen molar-refractivity contribution >= 4 is 5.97 Å². The quantitative estimate of drug-likeness (QED) is 0.707. The Morgan fingerprint density at radius 1 is 1.07 bits per heavy atom. The number of hydrogen-bond donors (Lipinski definition) is 1. The van der Waals surface area contributed by atoms with Crippen molar-refractivity contribution in [2.45, 2.75) is 25.4 Å². The van der Waals surface area contributed by atoms with Gasteiger partial charge in [0.2, 0.25) is 0 Å². The first kappa shape index (κ1) is 18.8. The number of benzene rings is 1. The van der Waals surface area contributed by atoms with E-state index >= 15 is 0 Å². The molecule has 2 atom stereocenters. The Balaban J connectivity index is 1.40. The molecule has 2 aromatic heterocycles. The molecule has 2 bridgehead atoms. The summed E-state index contributed by atoms with van der Waals surface area (Å²) >= 11 is 0. The van der Waals surface area contributed by atoms with Crippen LogP contribution in [0.2, 0.25) is 0 Å². The van der Waals surface area contributed by atoms with Crippen LogP contribution in [0.25, 0.3) is 11.1 Å². The Kier molecular flexibility index (Phi) is 4.75. The zero-order chi connectivity index (χ0) is 20.7. The molecular weight excluding hydrogens is 380 g/mol. The van der Waals surface area contributed by atoms with Crippen molar-refractivity contribution in [1.82, 2.24) is 19.0 Å². The number of pyridine rings is 1. The number of imidazole rings is 1. The van der Waals surface area contributed by atoms with Crippen LogP contribution in [0.4, 0.5) is 0 Å². The monoisotopic (exact) mass is 404 g/mol. The van der Waals surface area contributed by atoms with Gasteiger partial charge >= 0.3 is 5.97 Å². The van der Waals surface area contributed by atoms with E-state index in [2.05, 4.69) is 20.5 Å². The van der Waals surface area contributed by atoms with Crippen LogP contribution in [0, 0.1) is 5.92 Å². The summed E-state index contributed by atoms with van der Waals surface area (Å²) < 4.78 is 4.04. The summed E-state index contributed by atoms with van der Waals surface area (Å²) in [6.45, 7) is 4.64. The molecule has 0 amide bonds. The van der Waals surface area contributed by atoms with Crippen LogP contribution in [-0.4, -0.2) is 49.7 Å². The fraction of sp³-hybridized carbons (Fsp3) is 0.348. The predicted octanol–water partition coefficient (Wildman–Crippen LogP) is 2.53. The van der Waals surface area contributed by atoms with Gasteiger partial charge in [-0.1, -0.05) is 12.1 Å². The van der Waals surface area contributed by atoms with Crippen LogP contribution >= 0.6 is 0 Å². The lowest BCUT2D eigenvalue weighted by Gasteiger charge is -2.43. The van der Waals surface area contributed by atoms with Gasteiger partial charge in [0, 0.05) is 62.8 Å². The smallest absolute Gasteiger partial charge is 0.335 e. The molecule has 1 fully saturated rings. The van der Waals surface area contributed by atoms with Crippen LogP contribution < -0.4 is 5.56 Å². The van der Waals surface area contributed by atoms with E-state index in [1.54, 1.807) is 36.5 Å². The molecule has 0 radical (unpaired) electrons. The number of carboxylic acid groups (broad SMARTS) is 1. The lowest BCUT2D eigenvalue weighted by Crippen LogP contribution is -2.47. The maximum absolute atomic E-state index is 12.9. The molecule has 7 nitrogen and oxygen atoms in total. The van der Waals surface area contributed by atoms with Crippen molar-refractivity contribution in [3.05, 3.63) is 76.7 Å². The van der Waals surface area contributed by atoms with Crippen LogP contribution in [0.5, 0.6) is 0 Å². The van der Waals surface area contributed by atoms with Crippen molar-refractivity contribution < 1.29 is 9.90 Å². The first-order valence-corrected chi connectivity index (χ1v) is 10.3. The van der Waals surface area contributed by atoms with Crippen LogP contribution in [0.3, 0.4) is 0 Å². The molecule has 0 spiro atoms. The molecule has 2 aliphatic rings. The highest BCUT2D eigenvalue weighted by Gasteiger charge is 2.34. The lowest BCUT2D eigenvalue weighted by molar-refractivity contribution is 0.0697. The molecule has 0 aliphatic carbocycles. The van der Waals surface area contributed by atoms with E-state index in [-0.39, 0.29) is 11.1 Å². The van der Waals surface area contributed by atoms with Crippen molar-refractivity contribution in [2.24, 2.45) is 5.92 Å². The van der Waals surface area contributed by atoms with E-state index in [0.29, 0.717) is 11.8 Å². The summed E-state index contributed by atoms with van der Waals surface area (Å²) in [5.41, 5.74) is 3.11. The fourth-order valence-corrected chi connectivity index (χ4v) is 4.89. The molecular formula is C23H24N4O3. The second-order valence-electron chi connectivity index (χ2n) is 8.36. The third-order valence-corrected chi connectivity index (χ3v) is 6.33. The highest BCUT2D eigenvalue weighted by molar-refractivity contribution is 5.88. The van der Waals surface area contributed by atoms with E-state index in [4.69, 9.17) is 5.11 Å². The van der Waals surface area contributed by atoms with Crippen molar-refractivity contribution in [2.75, 3.05) is 19.6 Å². The summed E-state index contributed by atoms with van der Waals surface area (Å²) in [7, 11) is 0. The second kappa shape index (κ2) is 7.57. The fourth-order valence-electron chi connectivity index (χ4n) is 4.89. The van der Waals surface area contributed by atoms with Crippen LogP contribution in [0.15, 0.2) is 59.9 Å². The van der Waals surface area contributed by atoms with Gasteiger partial charge in [0.05, 0.1) is 11.9 Å². The lowest BCUT2D eigenvalue weighted by atomic mass is 9.82. The Labute approximate surface area is 174 Å². The minimum absolute atomic E-state index is 0.0337. The standard InChI is InChI=1S/C23H24N4O3/c28-22-11-19(17-1-3-18(4-2-17)23(29)30)10-21-20-9-16(13-27(21)22)12-26(14-20)8-7-25-6-5-24-15-25/h1-6,10-11,15-16,20H,7-9,12-14H2,(H,29,30)/t16-,20+/m0/s1. The minimum Gasteiger partial charge on any atom is -0.478 e. The molecule has 3 aromatic rings. The SMILES string of the molecule is O=C(O)c1ccc(-c2cc3n(c(=O)c2)C[C@H]2C[C@@H]3CN(CCn3ccnc3)C2)cc1. The van der Waals surface area contributed by atoms with E-state index in [1.807, 2.05) is 17.1 Å². The molecule has 4 heterocycles. The number of aromatic carboxylic acids is 1. The van der Waals surface area contributed by atoms with E-state index in [1.165, 1.54) is 0 Å². The van der Waals surface area contributed by atoms with Crippen LogP contribution in [-0.2, 0) is 13.1 Å². The molecule has 0 unspecified atom stereocenters. The van der Waals surface area contributed by atoms with Crippen molar-refractivity contribution in [1.29, 1.82) is 0 Å². The highest BCUT2D eigenvalue weighted by atomic mass is 16.4. The Morgan fingerprint density at radius 3 is 2.63 bits per heavy atom. The minimum atomic E-state index is -0.948. The average molecular weight is 404 g/mol. The molecule has 7 heteroatoms. The van der Waals surface area contributed by atoms with Gasteiger partial charge in [-0.15, -0.1) is 0 Å². The average Bonchev–Trinajstić information content (AvgIpc) is 3.27. The molecule has 154 valence electrons. The Hall–Kier alpha value is -3.19. The summed E-state index contributed by atoms with van der Waals surface area (Å²) in [4.78, 5) is 30.6. The first-order chi connectivity index (χ1) is 14.6. The molecule has 30 heavy (non-hydrogen) atoms. The number of piperidine rings is 1. The predicted molar refractivity (Wildman–Crippen MR) is 113 cm³/mol. The third kappa shape index (κ3) is 3.57. The number of rotatable bonds is 5. The van der Waals surface area contributed by atoms with Gasteiger partial charge in [-0.2, -0.15) is 0 Å². The summed E-state index contributed by atoms with van der Waals surface area (Å²) in [5, 5.41) is 9.11. The van der Waals surface area contributed by atoms with Gasteiger partial charge in [-0.05, 0) is 41.7 Å². The number of likely N-dealkylation sites (tertiary alicyclic amines) is 1. The second-order valence-corrected chi connectivity index (χ2v) is 8.36. The summed E-state index contributed by atoms with van der Waals surface area (Å²) in [6.07, 6.45) is 6.75. The number of fused-ring (bicyclic) bond motifs is 4. The van der Waals surface area contributed by atoms with Crippen LogP contribution in [0.1, 0.15) is 28.4 Å². The normalized spacial score (nSPS) is 20.7. The third-order valence-electron chi connectivity index (χ3n) is 6.33. The van der Waals surface area contributed by atoms with Gasteiger partial charge in [0.25, 0.3) is 5.56 Å².